The summed E-state index contributed by atoms with van der Waals surface area (Å²) in [5.41, 5.74) is 0.368. The summed E-state index contributed by atoms with van der Waals surface area (Å²) in [6.07, 6.45) is -3.13. The highest BCUT2D eigenvalue weighted by atomic mass is 19.4. The third kappa shape index (κ3) is 8.49. The number of hydrogen-bond acceptors (Lipinski definition) is 6. The molecule has 31 heavy (non-hydrogen) atoms. The van der Waals surface area contributed by atoms with Crippen molar-refractivity contribution in [2.45, 2.75) is 44.2 Å². The van der Waals surface area contributed by atoms with Gasteiger partial charge >= 0.3 is 18.1 Å². The zero-order valence-electron chi connectivity index (χ0n) is 16.9. The summed E-state index contributed by atoms with van der Waals surface area (Å²) >= 11 is 0. The molecular formula is C21H25F3N2O5. The summed E-state index contributed by atoms with van der Waals surface area (Å²) < 4.78 is 40.7. The van der Waals surface area contributed by atoms with E-state index in [9.17, 15) is 32.3 Å². The lowest BCUT2D eigenvalue weighted by Gasteiger charge is -2.22. The summed E-state index contributed by atoms with van der Waals surface area (Å²) in [6, 6.07) is 7.92. The Morgan fingerprint density at radius 1 is 1.10 bits per heavy atom. The van der Waals surface area contributed by atoms with E-state index in [4.69, 9.17) is 0 Å². The van der Waals surface area contributed by atoms with Gasteiger partial charge in [0, 0.05) is 6.42 Å². The van der Waals surface area contributed by atoms with Gasteiger partial charge in [-0.25, -0.2) is 4.79 Å². The molecule has 0 saturated carbocycles. The van der Waals surface area contributed by atoms with E-state index >= 15 is 0 Å². The van der Waals surface area contributed by atoms with Crippen molar-refractivity contribution in [2.75, 3.05) is 19.6 Å². The second kappa shape index (κ2) is 11.6. The molecule has 0 radical (unpaired) electrons. The number of carbonyl (C=O) groups is 4. The van der Waals surface area contributed by atoms with Crippen LogP contribution in [0.2, 0.25) is 0 Å². The van der Waals surface area contributed by atoms with Crippen molar-refractivity contribution in [2.24, 2.45) is 5.92 Å². The molecule has 0 aliphatic carbocycles. The third-order valence-electron chi connectivity index (χ3n) is 5.10. The zero-order chi connectivity index (χ0) is 22.9. The summed E-state index contributed by atoms with van der Waals surface area (Å²) in [4.78, 5) is 47.4. The fraction of sp³-hybridized carbons (Fsp3) is 0.524. The highest BCUT2D eigenvalue weighted by Crippen LogP contribution is 2.23. The average molecular weight is 442 g/mol. The molecule has 1 fully saturated rings. The Hall–Kier alpha value is -2.75. The molecule has 1 unspecified atom stereocenters. The van der Waals surface area contributed by atoms with Crippen LogP contribution < -0.4 is 10.6 Å². The van der Waals surface area contributed by atoms with Crippen molar-refractivity contribution < 1.29 is 37.1 Å². The number of ether oxygens (including phenoxy) is 1. The van der Waals surface area contributed by atoms with Gasteiger partial charge in [-0.05, 0) is 43.8 Å². The van der Waals surface area contributed by atoms with Crippen molar-refractivity contribution in [1.82, 2.24) is 10.6 Å². The van der Waals surface area contributed by atoms with E-state index in [1.807, 2.05) is 0 Å². The molecule has 170 valence electrons. The second-order valence-electron chi connectivity index (χ2n) is 7.40. The Labute approximate surface area is 177 Å². The van der Waals surface area contributed by atoms with Crippen LogP contribution in [0.25, 0.3) is 0 Å². The number of benzene rings is 1. The maximum Gasteiger partial charge on any atom is 0.491 e. The third-order valence-corrected chi connectivity index (χ3v) is 5.10. The van der Waals surface area contributed by atoms with Crippen LogP contribution in [0.1, 0.15) is 43.6 Å². The number of carbonyl (C=O) groups excluding carboxylic acids is 4. The molecule has 1 aromatic rings. The lowest BCUT2D eigenvalue weighted by molar-refractivity contribution is -0.202. The summed E-state index contributed by atoms with van der Waals surface area (Å²) in [6.45, 7) is 1.44. The number of halogens is 3. The van der Waals surface area contributed by atoms with E-state index in [1.54, 1.807) is 18.2 Å². The van der Waals surface area contributed by atoms with Crippen molar-refractivity contribution in [1.29, 1.82) is 0 Å². The first-order chi connectivity index (χ1) is 14.7. The van der Waals surface area contributed by atoms with Gasteiger partial charge in [0.1, 0.15) is 0 Å². The number of ketones is 1. The normalized spacial score (nSPS) is 15.7. The molecule has 10 heteroatoms. The fourth-order valence-corrected chi connectivity index (χ4v) is 3.38. The van der Waals surface area contributed by atoms with Crippen molar-refractivity contribution in [3.05, 3.63) is 35.9 Å². The lowest BCUT2D eigenvalue weighted by Crippen LogP contribution is -2.34. The van der Waals surface area contributed by atoms with Crippen molar-refractivity contribution in [3.8, 4) is 0 Å². The molecule has 1 aliphatic rings. The van der Waals surface area contributed by atoms with Gasteiger partial charge in [0.2, 0.25) is 5.91 Å². The molecule has 1 aliphatic heterocycles. The largest absolute Gasteiger partial charge is 0.491 e. The average Bonchev–Trinajstić information content (AvgIpc) is 2.75. The van der Waals surface area contributed by atoms with E-state index in [0.29, 0.717) is 17.9 Å². The number of piperidine rings is 1. The minimum absolute atomic E-state index is 0.260. The monoisotopic (exact) mass is 442 g/mol. The summed E-state index contributed by atoms with van der Waals surface area (Å²) in [5, 5.41) is 5.75. The first kappa shape index (κ1) is 24.5. The summed E-state index contributed by atoms with van der Waals surface area (Å²) in [5.74, 6) is -5.70. The van der Waals surface area contributed by atoms with E-state index in [0.717, 1.165) is 25.9 Å². The molecule has 1 amide bonds. The lowest BCUT2D eigenvalue weighted by atomic mass is 9.91. The Kier molecular flexibility index (Phi) is 9.17. The molecule has 7 nitrogen and oxygen atoms in total. The highest BCUT2D eigenvalue weighted by molar-refractivity contribution is 5.95. The minimum atomic E-state index is -5.32. The fourth-order valence-electron chi connectivity index (χ4n) is 3.38. The van der Waals surface area contributed by atoms with Crippen LogP contribution in [0.4, 0.5) is 13.2 Å². The second-order valence-corrected chi connectivity index (χ2v) is 7.40. The highest BCUT2D eigenvalue weighted by Gasteiger charge is 2.42. The number of nitrogens with one attached hydrogen (secondary N) is 2. The Morgan fingerprint density at radius 2 is 1.74 bits per heavy atom. The van der Waals surface area contributed by atoms with Gasteiger partial charge in [0.15, 0.2) is 5.78 Å². The SMILES string of the molecule is O=C(CCC1CCNCC1)NCC(=O)C(CC(=O)OC(=O)C(F)(F)F)c1ccccc1. The topological polar surface area (TPSA) is 102 Å². The maximum atomic E-state index is 12.6. The molecule has 1 atom stereocenters. The van der Waals surface area contributed by atoms with E-state index in [1.165, 1.54) is 12.1 Å². The van der Waals surface area contributed by atoms with Crippen LogP contribution in [-0.2, 0) is 23.9 Å². The number of esters is 2. The van der Waals surface area contributed by atoms with Gasteiger partial charge < -0.3 is 15.4 Å². The molecule has 0 bridgehead atoms. The summed E-state index contributed by atoms with van der Waals surface area (Å²) in [7, 11) is 0. The number of rotatable bonds is 9. The van der Waals surface area contributed by atoms with E-state index in [2.05, 4.69) is 15.4 Å². The van der Waals surface area contributed by atoms with Crippen molar-refractivity contribution >= 4 is 23.6 Å². The minimum Gasteiger partial charge on any atom is -0.386 e. The first-order valence-corrected chi connectivity index (χ1v) is 10.0. The van der Waals surface area contributed by atoms with Crippen LogP contribution in [0.5, 0.6) is 0 Å². The molecule has 2 rings (SSSR count). The molecule has 0 aromatic heterocycles. The molecule has 1 aromatic carbocycles. The van der Waals surface area contributed by atoms with E-state index in [-0.39, 0.29) is 18.9 Å². The van der Waals surface area contributed by atoms with Gasteiger partial charge in [0.25, 0.3) is 0 Å². The predicted molar refractivity (Wildman–Crippen MR) is 104 cm³/mol. The van der Waals surface area contributed by atoms with Gasteiger partial charge in [-0.15, -0.1) is 0 Å². The van der Waals surface area contributed by atoms with Gasteiger partial charge in [-0.2, -0.15) is 13.2 Å². The molecule has 1 saturated heterocycles. The molecule has 2 N–H and O–H groups in total. The smallest absolute Gasteiger partial charge is 0.386 e. The standard InChI is InChI=1S/C21H25F3N2O5/c22-21(23,24)20(30)31-19(29)12-16(15-4-2-1-3-5-15)17(27)13-26-18(28)7-6-14-8-10-25-11-9-14/h1-5,14,16,25H,6-13H2,(H,26,28). The maximum absolute atomic E-state index is 12.6. The van der Waals surface area contributed by atoms with Crippen LogP contribution in [-0.4, -0.2) is 49.4 Å². The number of hydrogen-bond donors (Lipinski definition) is 2. The van der Waals surface area contributed by atoms with Gasteiger partial charge in [-0.1, -0.05) is 30.3 Å². The predicted octanol–water partition coefficient (Wildman–Crippen LogP) is 2.26. The van der Waals surface area contributed by atoms with Crippen LogP contribution >= 0.6 is 0 Å². The van der Waals surface area contributed by atoms with Crippen molar-refractivity contribution in [3.63, 3.8) is 0 Å². The van der Waals surface area contributed by atoms with Crippen LogP contribution in [0.15, 0.2) is 30.3 Å². The molecule has 1 heterocycles. The first-order valence-electron chi connectivity index (χ1n) is 10.0. The van der Waals surface area contributed by atoms with Crippen LogP contribution in [0, 0.1) is 5.92 Å². The Morgan fingerprint density at radius 3 is 2.35 bits per heavy atom. The van der Waals surface area contributed by atoms with Gasteiger partial charge in [-0.3, -0.25) is 14.4 Å². The number of amides is 1. The van der Waals surface area contributed by atoms with Crippen LogP contribution in [0.3, 0.4) is 0 Å². The zero-order valence-corrected chi connectivity index (χ0v) is 16.9. The molecular weight excluding hydrogens is 417 g/mol. The quantitative estimate of drug-likeness (QED) is 0.449. The Bertz CT molecular complexity index is 777. The van der Waals surface area contributed by atoms with Gasteiger partial charge in [0.05, 0.1) is 18.9 Å². The number of alkyl halides is 3. The van der Waals surface area contributed by atoms with E-state index < -0.39 is 36.2 Å². The molecule has 0 spiro atoms. The Balaban J connectivity index is 1.91. The number of Topliss-reactive ketones (excluding diaryl/α,β-unsaturated/α-hetero) is 1.